The Balaban J connectivity index is 3.43. The van der Waals surface area contributed by atoms with Crippen molar-refractivity contribution in [1.82, 2.24) is 14.8 Å². The topological polar surface area (TPSA) is 114 Å². The van der Waals surface area contributed by atoms with Crippen LogP contribution in [-0.2, 0) is 0 Å². The first-order valence-electron chi connectivity index (χ1n) is 2.32. The Bertz CT molecular complexity index is 354. The van der Waals surface area contributed by atoms with Crippen molar-refractivity contribution in [2.45, 2.75) is 0 Å². The first-order chi connectivity index (χ1) is 4.61. The van der Waals surface area contributed by atoms with Crippen molar-refractivity contribution in [2.24, 2.45) is 5.73 Å². The molecule has 0 aliphatic rings. The molecule has 7 heteroatoms. The molecule has 10 heavy (non-hydrogen) atoms. The van der Waals surface area contributed by atoms with Crippen LogP contribution < -0.4 is 17.1 Å². The zero-order valence-electron chi connectivity index (χ0n) is 4.75. The molecule has 54 valence electrons. The van der Waals surface area contributed by atoms with Crippen LogP contribution in [0.25, 0.3) is 0 Å². The molecule has 0 fully saturated rings. The molecule has 0 bridgehead atoms. The monoisotopic (exact) mass is 144 g/mol. The van der Waals surface area contributed by atoms with E-state index in [1.807, 2.05) is 5.10 Å². The Labute approximate surface area is 53.4 Å². The summed E-state index contributed by atoms with van der Waals surface area (Å²) < 4.78 is 0.377. The first-order valence-corrected chi connectivity index (χ1v) is 2.32. The minimum atomic E-state index is -1.02. The molecule has 1 rings (SSSR count). The second kappa shape index (κ2) is 1.87. The van der Waals surface area contributed by atoms with Gasteiger partial charge in [0.15, 0.2) is 0 Å². The number of nitrogens with zero attached hydrogens (tertiary/aromatic N) is 1. The minimum absolute atomic E-state index is 0.377. The third kappa shape index (κ3) is 0.835. The SMILES string of the molecule is NC(=O)n1[nH]c(=O)[nH]c1=O. The molecule has 0 radical (unpaired) electrons. The maximum atomic E-state index is 10.5. The number of hydrogen-bond donors (Lipinski definition) is 3. The van der Waals surface area contributed by atoms with Gasteiger partial charge in [-0.15, -0.1) is 4.68 Å². The third-order valence-electron chi connectivity index (χ3n) is 0.857. The summed E-state index contributed by atoms with van der Waals surface area (Å²) in [6.07, 6.45) is 0. The van der Waals surface area contributed by atoms with E-state index < -0.39 is 17.4 Å². The van der Waals surface area contributed by atoms with Gasteiger partial charge in [-0.3, -0.25) is 4.98 Å². The lowest BCUT2D eigenvalue weighted by Crippen LogP contribution is -2.30. The predicted octanol–water partition coefficient (Wildman–Crippen LogP) is -2.21. The maximum absolute atomic E-state index is 10.5. The number of amides is 1. The highest BCUT2D eigenvalue weighted by Gasteiger charge is 2.02. The van der Waals surface area contributed by atoms with E-state index in [4.69, 9.17) is 0 Å². The van der Waals surface area contributed by atoms with Crippen molar-refractivity contribution in [2.75, 3.05) is 0 Å². The Morgan fingerprint density at radius 1 is 1.50 bits per heavy atom. The van der Waals surface area contributed by atoms with Gasteiger partial charge in [0.25, 0.3) is 0 Å². The van der Waals surface area contributed by atoms with E-state index in [9.17, 15) is 14.4 Å². The zero-order chi connectivity index (χ0) is 7.72. The van der Waals surface area contributed by atoms with Gasteiger partial charge in [0.05, 0.1) is 0 Å². The van der Waals surface area contributed by atoms with Gasteiger partial charge < -0.3 is 5.73 Å². The van der Waals surface area contributed by atoms with E-state index >= 15 is 0 Å². The summed E-state index contributed by atoms with van der Waals surface area (Å²) in [5, 5.41) is 1.86. The number of aromatic amines is 2. The van der Waals surface area contributed by atoms with E-state index in [1.54, 1.807) is 4.98 Å². The smallest absolute Gasteiger partial charge is 0.350 e. The molecule has 0 spiro atoms. The number of nitrogens with one attached hydrogen (secondary N) is 2. The van der Waals surface area contributed by atoms with Crippen LogP contribution in [0.3, 0.4) is 0 Å². The van der Waals surface area contributed by atoms with E-state index in [0.717, 1.165) is 0 Å². The lowest BCUT2D eigenvalue weighted by Gasteiger charge is -1.86. The summed E-state index contributed by atoms with van der Waals surface area (Å²) in [5.41, 5.74) is 3.04. The standard InChI is InChI=1S/C3H4N4O3/c4-1(8)7-3(10)5-2(9)6-7/h(H2,4,8)(H2,5,6,9,10). The maximum Gasteiger partial charge on any atom is 0.353 e. The summed E-state index contributed by atoms with van der Waals surface area (Å²) in [4.78, 5) is 32.7. The molecule has 0 aliphatic carbocycles. The molecule has 0 aliphatic heterocycles. The first kappa shape index (κ1) is 6.33. The van der Waals surface area contributed by atoms with Crippen LogP contribution in [-0.4, -0.2) is 20.8 Å². The molecule has 7 nitrogen and oxygen atoms in total. The molecule has 0 atom stereocenters. The van der Waals surface area contributed by atoms with Crippen molar-refractivity contribution >= 4 is 6.03 Å². The van der Waals surface area contributed by atoms with Crippen LogP contribution in [0.2, 0.25) is 0 Å². The summed E-state index contributed by atoms with van der Waals surface area (Å²) >= 11 is 0. The highest BCUT2D eigenvalue weighted by atomic mass is 16.2. The fourth-order valence-corrected chi connectivity index (χ4v) is 0.488. The second-order valence-corrected chi connectivity index (χ2v) is 1.54. The largest absolute Gasteiger partial charge is 0.353 e. The molecular formula is C3H4N4O3. The van der Waals surface area contributed by atoms with Gasteiger partial charge in [0, 0.05) is 0 Å². The van der Waals surface area contributed by atoms with E-state index in [-0.39, 0.29) is 0 Å². The zero-order valence-corrected chi connectivity index (χ0v) is 4.75. The number of hydrogen-bond acceptors (Lipinski definition) is 3. The van der Waals surface area contributed by atoms with Crippen molar-refractivity contribution in [3.8, 4) is 0 Å². The van der Waals surface area contributed by atoms with Crippen molar-refractivity contribution in [1.29, 1.82) is 0 Å². The van der Waals surface area contributed by atoms with Crippen molar-refractivity contribution in [3.63, 3.8) is 0 Å². The number of carbonyl (C=O) groups is 1. The molecule has 1 amide bonds. The molecule has 1 aromatic rings. The summed E-state index contributed by atoms with van der Waals surface area (Å²) in [6, 6.07) is -1.02. The quantitative estimate of drug-likeness (QED) is 0.383. The predicted molar refractivity (Wildman–Crippen MR) is 30.7 cm³/mol. The fraction of sp³-hybridized carbons (Fsp3) is 0. The highest BCUT2D eigenvalue weighted by Crippen LogP contribution is 1.59. The number of rotatable bonds is 0. The molecule has 4 N–H and O–H groups in total. The van der Waals surface area contributed by atoms with E-state index in [1.165, 1.54) is 0 Å². The summed E-state index contributed by atoms with van der Waals surface area (Å²) in [7, 11) is 0. The van der Waals surface area contributed by atoms with Gasteiger partial charge in [0.2, 0.25) is 0 Å². The lowest BCUT2D eigenvalue weighted by atomic mass is 11.0. The third-order valence-corrected chi connectivity index (χ3v) is 0.857. The molecule has 0 saturated carbocycles. The van der Waals surface area contributed by atoms with Crippen LogP contribution in [0.15, 0.2) is 9.59 Å². The van der Waals surface area contributed by atoms with Gasteiger partial charge in [-0.1, -0.05) is 0 Å². The van der Waals surface area contributed by atoms with Crippen LogP contribution in [0.1, 0.15) is 0 Å². The Morgan fingerprint density at radius 3 is 2.30 bits per heavy atom. The number of carbonyl (C=O) groups excluding carboxylic acids is 1. The molecule has 0 unspecified atom stereocenters. The van der Waals surface area contributed by atoms with Crippen LogP contribution in [0.4, 0.5) is 4.79 Å². The van der Waals surface area contributed by atoms with Gasteiger partial charge in [-0.25, -0.2) is 19.5 Å². The molecule has 1 aromatic heterocycles. The van der Waals surface area contributed by atoms with Gasteiger partial charge in [-0.05, 0) is 0 Å². The lowest BCUT2D eigenvalue weighted by molar-refractivity contribution is 0.247. The Kier molecular flexibility index (Phi) is 1.18. The van der Waals surface area contributed by atoms with Crippen LogP contribution >= 0.6 is 0 Å². The summed E-state index contributed by atoms with van der Waals surface area (Å²) in [5.74, 6) is 0. The number of primary amides is 1. The minimum Gasteiger partial charge on any atom is -0.350 e. The second-order valence-electron chi connectivity index (χ2n) is 1.54. The Morgan fingerprint density at radius 2 is 2.10 bits per heavy atom. The van der Waals surface area contributed by atoms with Crippen molar-refractivity contribution in [3.05, 3.63) is 21.0 Å². The Hall–Kier alpha value is -1.79. The van der Waals surface area contributed by atoms with E-state index in [0.29, 0.717) is 4.68 Å². The number of aromatic nitrogens is 3. The summed E-state index contributed by atoms with van der Waals surface area (Å²) in [6.45, 7) is 0. The normalized spacial score (nSPS) is 9.60. The fourth-order valence-electron chi connectivity index (χ4n) is 0.488. The average molecular weight is 144 g/mol. The molecule has 0 aromatic carbocycles. The van der Waals surface area contributed by atoms with Gasteiger partial charge >= 0.3 is 17.4 Å². The molecule has 1 heterocycles. The van der Waals surface area contributed by atoms with Crippen LogP contribution in [0.5, 0.6) is 0 Å². The number of H-pyrrole nitrogens is 2. The molecule has 0 saturated heterocycles. The van der Waals surface area contributed by atoms with Crippen molar-refractivity contribution < 1.29 is 4.79 Å². The number of nitrogens with two attached hydrogens (primary N) is 1. The van der Waals surface area contributed by atoms with Gasteiger partial charge in [0.1, 0.15) is 0 Å². The van der Waals surface area contributed by atoms with Crippen LogP contribution in [0, 0.1) is 0 Å². The van der Waals surface area contributed by atoms with Gasteiger partial charge in [-0.2, -0.15) is 0 Å². The van der Waals surface area contributed by atoms with E-state index in [2.05, 4.69) is 5.73 Å². The molecular weight excluding hydrogens is 140 g/mol. The highest BCUT2D eigenvalue weighted by molar-refractivity contribution is 5.72. The average Bonchev–Trinajstić information content (AvgIpc) is 2.10.